The molecule has 0 saturated heterocycles. The zero-order valence-corrected chi connectivity index (χ0v) is 13.7. The Balaban J connectivity index is 1.52. The first-order valence-electron chi connectivity index (χ1n) is 8.07. The number of aryl methyl sites for hydroxylation is 3. The predicted octanol–water partition coefficient (Wildman–Crippen LogP) is 3.36. The first-order valence-corrected chi connectivity index (χ1v) is 8.07. The molecule has 1 unspecified atom stereocenters. The van der Waals surface area contributed by atoms with Gasteiger partial charge in [-0.2, -0.15) is 0 Å². The van der Waals surface area contributed by atoms with Gasteiger partial charge in [0.1, 0.15) is 5.75 Å². The van der Waals surface area contributed by atoms with Crippen molar-refractivity contribution in [1.29, 1.82) is 0 Å². The number of hydrogen-bond acceptors (Lipinski definition) is 4. The number of rotatable bonds is 2. The predicted molar refractivity (Wildman–Crippen MR) is 89.8 cm³/mol. The molecule has 1 amide bonds. The average molecular weight is 325 g/mol. The van der Waals surface area contributed by atoms with Crippen molar-refractivity contribution in [3.63, 3.8) is 0 Å². The second-order valence-corrected chi connectivity index (χ2v) is 6.27. The summed E-state index contributed by atoms with van der Waals surface area (Å²) in [6.45, 7) is 4.21. The van der Waals surface area contributed by atoms with Crippen molar-refractivity contribution in [3.05, 3.63) is 47.0 Å². The van der Waals surface area contributed by atoms with Crippen LogP contribution in [0.1, 0.15) is 23.1 Å². The van der Waals surface area contributed by atoms with Crippen LogP contribution in [0, 0.1) is 13.8 Å². The van der Waals surface area contributed by atoms with E-state index < -0.39 is 6.10 Å². The Kier molecular flexibility index (Phi) is 3.56. The van der Waals surface area contributed by atoms with Gasteiger partial charge in [0.25, 0.3) is 5.91 Å². The van der Waals surface area contributed by atoms with Crippen LogP contribution in [0.2, 0.25) is 0 Å². The van der Waals surface area contributed by atoms with Gasteiger partial charge in [0.2, 0.25) is 6.79 Å². The summed E-state index contributed by atoms with van der Waals surface area (Å²) in [5, 5.41) is 2.98. The standard InChI is InChI=1S/C19H19NO4/c1-11-3-4-12(2)14(7-11)20-19(21)15-6-5-13-8-17-18(23-10-22-17)9-16(13)24-15/h3-4,7-9,15H,5-6,10H2,1-2H3,(H,20,21). The van der Waals surface area contributed by atoms with Crippen molar-refractivity contribution in [2.75, 3.05) is 12.1 Å². The second kappa shape index (κ2) is 5.74. The Hall–Kier alpha value is -2.69. The van der Waals surface area contributed by atoms with Crippen molar-refractivity contribution in [1.82, 2.24) is 0 Å². The second-order valence-electron chi connectivity index (χ2n) is 6.27. The smallest absolute Gasteiger partial charge is 0.265 e. The number of carbonyl (C=O) groups excluding carboxylic acids is 1. The molecule has 0 aliphatic carbocycles. The first-order chi connectivity index (χ1) is 11.6. The molecule has 24 heavy (non-hydrogen) atoms. The molecule has 5 nitrogen and oxygen atoms in total. The van der Waals surface area contributed by atoms with Gasteiger partial charge in [-0.15, -0.1) is 0 Å². The van der Waals surface area contributed by atoms with Crippen LogP contribution in [-0.4, -0.2) is 18.8 Å². The lowest BCUT2D eigenvalue weighted by molar-refractivity contribution is -0.123. The van der Waals surface area contributed by atoms with E-state index in [0.717, 1.165) is 34.5 Å². The highest BCUT2D eigenvalue weighted by Gasteiger charge is 2.29. The fourth-order valence-corrected chi connectivity index (χ4v) is 3.04. The SMILES string of the molecule is Cc1ccc(C)c(NC(=O)C2CCc3cc4c(cc3O2)OCO4)c1. The highest BCUT2D eigenvalue weighted by Crippen LogP contribution is 2.40. The van der Waals surface area contributed by atoms with Gasteiger partial charge in [0.05, 0.1) is 0 Å². The molecule has 0 bridgehead atoms. The van der Waals surface area contributed by atoms with E-state index >= 15 is 0 Å². The van der Waals surface area contributed by atoms with Crippen LogP contribution in [0.4, 0.5) is 5.69 Å². The zero-order chi connectivity index (χ0) is 16.7. The van der Waals surface area contributed by atoms with E-state index in [4.69, 9.17) is 14.2 Å². The minimum atomic E-state index is -0.502. The average Bonchev–Trinajstić information content (AvgIpc) is 3.02. The summed E-state index contributed by atoms with van der Waals surface area (Å²) in [4.78, 5) is 12.6. The van der Waals surface area contributed by atoms with Crippen molar-refractivity contribution in [2.45, 2.75) is 32.8 Å². The molecule has 2 heterocycles. The van der Waals surface area contributed by atoms with E-state index in [1.807, 2.05) is 44.2 Å². The van der Waals surface area contributed by atoms with Crippen molar-refractivity contribution >= 4 is 11.6 Å². The Morgan fingerprint density at radius 1 is 1.08 bits per heavy atom. The lowest BCUT2D eigenvalue weighted by Gasteiger charge is -2.25. The molecule has 124 valence electrons. The number of nitrogens with one attached hydrogen (secondary N) is 1. The van der Waals surface area contributed by atoms with E-state index in [-0.39, 0.29) is 12.7 Å². The summed E-state index contributed by atoms with van der Waals surface area (Å²) in [5.74, 6) is 2.00. The molecule has 2 aromatic rings. The summed E-state index contributed by atoms with van der Waals surface area (Å²) in [5.41, 5.74) is 4.03. The molecular weight excluding hydrogens is 306 g/mol. The van der Waals surface area contributed by atoms with Crippen LogP contribution < -0.4 is 19.5 Å². The quantitative estimate of drug-likeness (QED) is 0.920. The van der Waals surface area contributed by atoms with Crippen molar-refractivity contribution in [2.24, 2.45) is 0 Å². The molecule has 1 atom stereocenters. The fraction of sp³-hybridized carbons (Fsp3) is 0.316. The Morgan fingerprint density at radius 2 is 1.88 bits per heavy atom. The molecule has 1 N–H and O–H groups in total. The van der Waals surface area contributed by atoms with E-state index in [0.29, 0.717) is 17.9 Å². The minimum absolute atomic E-state index is 0.119. The topological polar surface area (TPSA) is 56.8 Å². The Labute approximate surface area is 140 Å². The van der Waals surface area contributed by atoms with Crippen LogP contribution in [0.5, 0.6) is 17.2 Å². The van der Waals surface area contributed by atoms with Gasteiger partial charge in [-0.25, -0.2) is 0 Å². The summed E-state index contributed by atoms with van der Waals surface area (Å²) in [7, 11) is 0. The summed E-state index contributed by atoms with van der Waals surface area (Å²) in [6.07, 6.45) is 0.915. The number of carbonyl (C=O) groups is 1. The highest BCUT2D eigenvalue weighted by atomic mass is 16.7. The van der Waals surface area contributed by atoms with E-state index in [2.05, 4.69) is 5.32 Å². The third-order valence-corrected chi connectivity index (χ3v) is 4.44. The Bertz CT molecular complexity index is 815. The highest BCUT2D eigenvalue weighted by molar-refractivity contribution is 5.95. The molecule has 0 fully saturated rings. The maximum atomic E-state index is 12.6. The third kappa shape index (κ3) is 2.66. The zero-order valence-electron chi connectivity index (χ0n) is 13.7. The van der Waals surface area contributed by atoms with E-state index in [1.54, 1.807) is 0 Å². The number of amides is 1. The van der Waals surface area contributed by atoms with Crippen LogP contribution in [0.15, 0.2) is 30.3 Å². The monoisotopic (exact) mass is 325 g/mol. The third-order valence-electron chi connectivity index (χ3n) is 4.44. The normalized spacial score (nSPS) is 17.8. The van der Waals surface area contributed by atoms with Gasteiger partial charge in [-0.05, 0) is 55.5 Å². The van der Waals surface area contributed by atoms with Gasteiger partial charge < -0.3 is 19.5 Å². The van der Waals surface area contributed by atoms with Crippen molar-refractivity contribution < 1.29 is 19.0 Å². The van der Waals surface area contributed by atoms with Gasteiger partial charge in [-0.3, -0.25) is 4.79 Å². The van der Waals surface area contributed by atoms with Gasteiger partial charge in [0.15, 0.2) is 17.6 Å². The van der Waals surface area contributed by atoms with Gasteiger partial charge >= 0.3 is 0 Å². The first kappa shape index (κ1) is 14.9. The molecular formula is C19H19NO4. The molecule has 2 aromatic carbocycles. The molecule has 0 saturated carbocycles. The maximum absolute atomic E-state index is 12.6. The number of anilines is 1. The van der Waals surface area contributed by atoms with Crippen LogP contribution >= 0.6 is 0 Å². The largest absolute Gasteiger partial charge is 0.480 e. The molecule has 5 heteroatoms. The molecule has 2 aliphatic rings. The Morgan fingerprint density at radius 3 is 2.71 bits per heavy atom. The van der Waals surface area contributed by atoms with Crippen LogP contribution in [-0.2, 0) is 11.2 Å². The summed E-state index contributed by atoms with van der Waals surface area (Å²) >= 11 is 0. The fourth-order valence-electron chi connectivity index (χ4n) is 3.04. The van der Waals surface area contributed by atoms with Gasteiger partial charge in [-0.1, -0.05) is 12.1 Å². The van der Waals surface area contributed by atoms with Crippen LogP contribution in [0.3, 0.4) is 0 Å². The summed E-state index contributed by atoms with van der Waals surface area (Å²) in [6, 6.07) is 9.76. The number of benzene rings is 2. The lowest BCUT2D eigenvalue weighted by Crippen LogP contribution is -2.36. The molecule has 0 aromatic heterocycles. The maximum Gasteiger partial charge on any atom is 0.265 e. The number of fused-ring (bicyclic) bond motifs is 2. The number of ether oxygens (including phenoxy) is 3. The number of hydrogen-bond donors (Lipinski definition) is 1. The minimum Gasteiger partial charge on any atom is -0.480 e. The lowest BCUT2D eigenvalue weighted by atomic mass is 10.0. The molecule has 0 radical (unpaired) electrons. The molecule has 4 rings (SSSR count). The van der Waals surface area contributed by atoms with Gasteiger partial charge in [0, 0.05) is 11.8 Å². The molecule has 2 aliphatic heterocycles. The van der Waals surface area contributed by atoms with E-state index in [9.17, 15) is 4.79 Å². The molecule has 0 spiro atoms. The van der Waals surface area contributed by atoms with Crippen molar-refractivity contribution in [3.8, 4) is 17.2 Å². The van der Waals surface area contributed by atoms with Crippen LogP contribution in [0.25, 0.3) is 0 Å². The van der Waals surface area contributed by atoms with E-state index in [1.165, 1.54) is 0 Å². The summed E-state index contributed by atoms with van der Waals surface area (Å²) < 4.78 is 16.7.